The van der Waals surface area contributed by atoms with Crippen molar-refractivity contribution in [3.8, 4) is 5.75 Å². The number of hydrogen-bond donors (Lipinski definition) is 1. The molecule has 3 heteroatoms. The third-order valence-corrected chi connectivity index (χ3v) is 4.09. The molecular weight excluding hydrogens is 252 g/mol. The molecule has 0 saturated carbocycles. The van der Waals surface area contributed by atoms with Gasteiger partial charge in [0.1, 0.15) is 16.9 Å². The second-order valence-corrected chi connectivity index (χ2v) is 6.44. The lowest BCUT2D eigenvalue weighted by Crippen LogP contribution is -2.30. The minimum absolute atomic E-state index is 0.120. The second-order valence-electron chi connectivity index (χ2n) is 6.44. The summed E-state index contributed by atoms with van der Waals surface area (Å²) in [6, 6.07) is 5.37. The number of benzene rings is 1. The summed E-state index contributed by atoms with van der Waals surface area (Å²) in [7, 11) is 0. The zero-order chi connectivity index (χ0) is 15.6. The third-order valence-electron chi connectivity index (χ3n) is 4.09. The van der Waals surface area contributed by atoms with E-state index in [1.165, 1.54) is 0 Å². The minimum Gasteiger partial charge on any atom is -0.487 e. The number of hydrogen-bond acceptors (Lipinski definition) is 2. The van der Waals surface area contributed by atoms with Crippen molar-refractivity contribution in [1.29, 1.82) is 0 Å². The predicted octanol–water partition coefficient (Wildman–Crippen LogP) is 4.64. The van der Waals surface area contributed by atoms with E-state index in [2.05, 4.69) is 20.8 Å². The van der Waals surface area contributed by atoms with Crippen molar-refractivity contribution in [1.82, 2.24) is 0 Å². The van der Waals surface area contributed by atoms with Gasteiger partial charge in [-0.1, -0.05) is 39.8 Å². The summed E-state index contributed by atoms with van der Waals surface area (Å²) in [6.07, 6.45) is 1.73. The van der Waals surface area contributed by atoms with Crippen LogP contribution in [0.5, 0.6) is 5.75 Å². The van der Waals surface area contributed by atoms with Gasteiger partial charge in [-0.3, -0.25) is 0 Å². The molecule has 20 heavy (non-hydrogen) atoms. The second kappa shape index (κ2) is 5.86. The first-order chi connectivity index (χ1) is 9.14. The molecule has 0 spiro atoms. The fourth-order valence-electron chi connectivity index (χ4n) is 1.89. The molecule has 0 bridgehead atoms. The van der Waals surface area contributed by atoms with E-state index >= 15 is 0 Å². The van der Waals surface area contributed by atoms with E-state index in [0.717, 1.165) is 18.4 Å². The Kier molecular flexibility index (Phi) is 4.85. The molecule has 1 N–H and O–H groups in total. The molecule has 0 aliphatic rings. The van der Waals surface area contributed by atoms with Crippen LogP contribution in [0.3, 0.4) is 0 Å². The van der Waals surface area contributed by atoms with Crippen molar-refractivity contribution in [2.75, 3.05) is 0 Å². The van der Waals surface area contributed by atoms with Gasteiger partial charge in [-0.25, -0.2) is 4.79 Å². The van der Waals surface area contributed by atoms with Crippen LogP contribution in [-0.4, -0.2) is 16.7 Å². The van der Waals surface area contributed by atoms with Gasteiger partial charge in [0.05, 0.1) is 0 Å². The van der Waals surface area contributed by atoms with E-state index in [4.69, 9.17) is 4.74 Å². The third kappa shape index (κ3) is 3.53. The molecule has 0 saturated heterocycles. The van der Waals surface area contributed by atoms with E-state index in [1.54, 1.807) is 12.1 Å². The number of carboxylic acids is 1. The highest BCUT2D eigenvalue weighted by atomic mass is 16.5. The van der Waals surface area contributed by atoms with Gasteiger partial charge in [0.25, 0.3) is 0 Å². The van der Waals surface area contributed by atoms with E-state index in [1.807, 2.05) is 26.8 Å². The highest BCUT2D eigenvalue weighted by molar-refractivity contribution is 5.91. The van der Waals surface area contributed by atoms with Crippen LogP contribution in [-0.2, 0) is 5.41 Å². The van der Waals surface area contributed by atoms with Crippen molar-refractivity contribution >= 4 is 5.97 Å². The molecule has 0 radical (unpaired) electrons. The number of aromatic carboxylic acids is 1. The molecule has 1 aromatic rings. The van der Waals surface area contributed by atoms with Crippen LogP contribution < -0.4 is 4.74 Å². The van der Waals surface area contributed by atoms with Gasteiger partial charge in [0, 0.05) is 5.56 Å². The maximum absolute atomic E-state index is 11.5. The average molecular weight is 278 g/mol. The number of para-hydroxylation sites is 1. The molecule has 1 aromatic carbocycles. The Labute approximate surface area is 122 Å². The molecule has 0 aromatic heterocycles. The lowest BCUT2D eigenvalue weighted by molar-refractivity contribution is 0.0668. The van der Waals surface area contributed by atoms with Crippen LogP contribution in [0.4, 0.5) is 0 Å². The first kappa shape index (κ1) is 16.5. The summed E-state index contributed by atoms with van der Waals surface area (Å²) in [4.78, 5) is 11.5. The Morgan fingerprint density at radius 2 is 1.75 bits per heavy atom. The average Bonchev–Trinajstić information content (AvgIpc) is 2.38. The van der Waals surface area contributed by atoms with Gasteiger partial charge in [-0.15, -0.1) is 0 Å². The molecule has 0 fully saturated rings. The Bertz CT molecular complexity index is 487. The molecule has 0 atom stereocenters. The molecule has 1 rings (SSSR count). The fourth-order valence-corrected chi connectivity index (χ4v) is 1.89. The standard InChI is InChI=1S/C17H26O3/c1-7-16(3,4)13-11-9-10-12(15(18)19)14(13)20-17(5,6)8-2/h9-11H,7-8H2,1-6H3,(H,18,19). The van der Waals surface area contributed by atoms with Crippen LogP contribution in [0.1, 0.15) is 70.3 Å². The summed E-state index contributed by atoms with van der Waals surface area (Å²) < 4.78 is 6.08. The molecular formula is C17H26O3. The number of ether oxygens (including phenoxy) is 1. The van der Waals surface area contributed by atoms with Crippen LogP contribution in [0.2, 0.25) is 0 Å². The van der Waals surface area contributed by atoms with Crippen molar-refractivity contribution in [2.45, 2.75) is 65.4 Å². The molecule has 0 aliphatic heterocycles. The highest BCUT2D eigenvalue weighted by Crippen LogP contribution is 2.38. The molecule has 0 amide bonds. The molecule has 112 valence electrons. The van der Waals surface area contributed by atoms with E-state index < -0.39 is 5.97 Å². The van der Waals surface area contributed by atoms with Crippen LogP contribution in [0.15, 0.2) is 18.2 Å². The summed E-state index contributed by atoms with van der Waals surface area (Å²) >= 11 is 0. The van der Waals surface area contributed by atoms with Crippen molar-refractivity contribution in [3.63, 3.8) is 0 Å². The number of carbonyl (C=O) groups is 1. The van der Waals surface area contributed by atoms with Crippen LogP contribution in [0.25, 0.3) is 0 Å². The molecule has 0 unspecified atom stereocenters. The molecule has 3 nitrogen and oxygen atoms in total. The van der Waals surface area contributed by atoms with Gasteiger partial charge in [-0.05, 0) is 38.2 Å². The van der Waals surface area contributed by atoms with Gasteiger partial charge in [0.2, 0.25) is 0 Å². The fraction of sp³-hybridized carbons (Fsp3) is 0.588. The Morgan fingerprint density at radius 3 is 2.20 bits per heavy atom. The summed E-state index contributed by atoms with van der Waals surface area (Å²) in [5, 5.41) is 9.42. The lowest BCUT2D eigenvalue weighted by Gasteiger charge is -2.32. The SMILES string of the molecule is CCC(C)(C)Oc1c(C(=O)O)cccc1C(C)(C)CC. The van der Waals surface area contributed by atoms with Crippen LogP contribution >= 0.6 is 0 Å². The maximum atomic E-state index is 11.5. The van der Waals surface area contributed by atoms with Gasteiger partial charge in [-0.2, -0.15) is 0 Å². The zero-order valence-corrected chi connectivity index (χ0v) is 13.4. The van der Waals surface area contributed by atoms with Crippen molar-refractivity contribution in [3.05, 3.63) is 29.3 Å². The van der Waals surface area contributed by atoms with Crippen molar-refractivity contribution in [2.24, 2.45) is 0 Å². The highest BCUT2D eigenvalue weighted by Gasteiger charge is 2.29. The number of carboxylic acid groups (broad SMARTS) is 1. The predicted molar refractivity (Wildman–Crippen MR) is 81.7 cm³/mol. The first-order valence-corrected chi connectivity index (χ1v) is 7.20. The first-order valence-electron chi connectivity index (χ1n) is 7.20. The maximum Gasteiger partial charge on any atom is 0.339 e. The monoisotopic (exact) mass is 278 g/mol. The molecule has 0 heterocycles. The topological polar surface area (TPSA) is 46.5 Å². The number of rotatable bonds is 6. The van der Waals surface area contributed by atoms with E-state index in [9.17, 15) is 9.90 Å². The normalized spacial score (nSPS) is 12.3. The zero-order valence-electron chi connectivity index (χ0n) is 13.4. The Balaban J connectivity index is 3.46. The van der Waals surface area contributed by atoms with Gasteiger partial charge < -0.3 is 9.84 Å². The lowest BCUT2D eigenvalue weighted by atomic mass is 9.80. The van der Waals surface area contributed by atoms with Gasteiger partial charge >= 0.3 is 5.97 Å². The van der Waals surface area contributed by atoms with Crippen LogP contribution in [0, 0.1) is 0 Å². The minimum atomic E-state index is -0.944. The molecule has 0 aliphatic carbocycles. The smallest absolute Gasteiger partial charge is 0.339 e. The quantitative estimate of drug-likeness (QED) is 0.824. The van der Waals surface area contributed by atoms with Crippen molar-refractivity contribution < 1.29 is 14.6 Å². The van der Waals surface area contributed by atoms with E-state index in [0.29, 0.717) is 5.75 Å². The summed E-state index contributed by atoms with van der Waals surface area (Å²) in [6.45, 7) is 12.3. The Morgan fingerprint density at radius 1 is 1.15 bits per heavy atom. The Hall–Kier alpha value is -1.51. The van der Waals surface area contributed by atoms with E-state index in [-0.39, 0.29) is 16.6 Å². The largest absolute Gasteiger partial charge is 0.487 e. The summed E-state index contributed by atoms with van der Waals surface area (Å²) in [5.74, 6) is -0.431. The summed E-state index contributed by atoms with van der Waals surface area (Å²) in [5.41, 5.74) is 0.696. The van der Waals surface area contributed by atoms with Gasteiger partial charge in [0.15, 0.2) is 0 Å².